The predicted octanol–water partition coefficient (Wildman–Crippen LogP) is 1.40. The van der Waals surface area contributed by atoms with Crippen LogP contribution in [0.25, 0.3) is 0 Å². The first kappa shape index (κ1) is 18.3. The summed E-state index contributed by atoms with van der Waals surface area (Å²) in [5.74, 6) is -3.19. The van der Waals surface area contributed by atoms with Gasteiger partial charge in [0.05, 0.1) is 18.4 Å². The Morgan fingerprint density at radius 3 is 2.39 bits per heavy atom. The van der Waals surface area contributed by atoms with Gasteiger partial charge in [0.2, 0.25) is 11.8 Å². The van der Waals surface area contributed by atoms with Crippen molar-refractivity contribution in [1.82, 2.24) is 5.32 Å². The number of carbonyl (C=O) groups is 3. The number of carboxylic acid groups (broad SMARTS) is 1. The summed E-state index contributed by atoms with van der Waals surface area (Å²) in [5, 5.41) is 12.7. The monoisotopic (exact) mass is 334 g/mol. The maximum atomic E-state index is 11.9. The molecule has 1 aromatic rings. The molecule has 10 heteroatoms. The normalized spacial score (nSPS) is 10.8. The number of nitrogens with one attached hydrogen (secondary N) is 2. The molecule has 0 aromatic heterocycles. The van der Waals surface area contributed by atoms with E-state index in [4.69, 9.17) is 9.84 Å². The lowest BCUT2D eigenvalue weighted by atomic mass is 10.1. The third-order valence-electron chi connectivity index (χ3n) is 2.54. The highest BCUT2D eigenvalue weighted by molar-refractivity contribution is 6.06. The van der Waals surface area contributed by atoms with Crippen LogP contribution in [-0.2, 0) is 9.59 Å². The van der Waals surface area contributed by atoms with Gasteiger partial charge in [-0.1, -0.05) is 0 Å². The van der Waals surface area contributed by atoms with Crippen LogP contribution in [0, 0.1) is 0 Å². The third-order valence-corrected chi connectivity index (χ3v) is 2.54. The van der Waals surface area contributed by atoms with Gasteiger partial charge in [0.1, 0.15) is 18.7 Å². The van der Waals surface area contributed by atoms with Crippen LogP contribution < -0.4 is 15.4 Å². The molecule has 0 spiro atoms. The summed E-state index contributed by atoms with van der Waals surface area (Å²) in [6.07, 6.45) is -5.46. The number of carboxylic acids is 1. The number of hydrogen-bond donors (Lipinski definition) is 3. The number of benzene rings is 1. The highest BCUT2D eigenvalue weighted by atomic mass is 19.4. The Morgan fingerprint density at radius 1 is 1.22 bits per heavy atom. The summed E-state index contributed by atoms with van der Waals surface area (Å²) >= 11 is 0. The Bertz CT molecular complexity index is 616. The lowest BCUT2D eigenvalue weighted by Crippen LogP contribution is -2.35. The number of rotatable bonds is 6. The number of hydrogen-bond acceptors (Lipinski definition) is 4. The summed E-state index contributed by atoms with van der Waals surface area (Å²) in [4.78, 5) is 33.9. The Morgan fingerprint density at radius 2 is 1.87 bits per heavy atom. The van der Waals surface area contributed by atoms with Crippen LogP contribution in [0.1, 0.15) is 16.8 Å². The lowest BCUT2D eigenvalue weighted by molar-refractivity contribution is -0.140. The minimum Gasteiger partial charge on any atom is -0.497 e. The standard InChI is InChI=1S/C13H13F3N2O5/c1-23-7-2-3-9(8(4-7)12(21)22)18-11(20)5-10(19)17-6-13(14,15)16/h2-4H,5-6H2,1H3,(H,17,19)(H,18,20)(H,21,22). The third kappa shape index (κ3) is 6.24. The van der Waals surface area contributed by atoms with Gasteiger partial charge in [-0.05, 0) is 18.2 Å². The highest BCUT2D eigenvalue weighted by Crippen LogP contribution is 2.22. The second-order valence-electron chi connectivity index (χ2n) is 4.33. The Kier molecular flexibility index (Phi) is 5.94. The summed E-state index contributed by atoms with van der Waals surface area (Å²) < 4.78 is 40.6. The first-order valence-corrected chi connectivity index (χ1v) is 6.17. The van der Waals surface area contributed by atoms with Crippen LogP contribution in [-0.4, -0.2) is 42.7 Å². The smallest absolute Gasteiger partial charge is 0.405 e. The lowest BCUT2D eigenvalue weighted by Gasteiger charge is -2.11. The second-order valence-corrected chi connectivity index (χ2v) is 4.33. The number of amides is 2. The number of aromatic carboxylic acids is 1. The Hall–Kier alpha value is -2.78. The number of carbonyl (C=O) groups excluding carboxylic acids is 2. The molecule has 23 heavy (non-hydrogen) atoms. The zero-order valence-corrected chi connectivity index (χ0v) is 11.9. The molecule has 1 aromatic carbocycles. The van der Waals surface area contributed by atoms with E-state index in [1.807, 2.05) is 0 Å². The molecule has 2 amide bonds. The summed E-state index contributed by atoms with van der Waals surface area (Å²) in [5.41, 5.74) is -0.389. The summed E-state index contributed by atoms with van der Waals surface area (Å²) in [6.45, 7) is -1.55. The summed E-state index contributed by atoms with van der Waals surface area (Å²) in [7, 11) is 1.32. The molecule has 126 valence electrons. The fourth-order valence-corrected chi connectivity index (χ4v) is 1.54. The van der Waals surface area contributed by atoms with Gasteiger partial charge in [-0.15, -0.1) is 0 Å². The first-order valence-electron chi connectivity index (χ1n) is 6.17. The molecule has 3 N–H and O–H groups in total. The largest absolute Gasteiger partial charge is 0.497 e. The fraction of sp³-hybridized carbons (Fsp3) is 0.308. The maximum Gasteiger partial charge on any atom is 0.405 e. The van der Waals surface area contributed by atoms with Crippen LogP contribution in [0.4, 0.5) is 18.9 Å². The molecule has 0 bridgehead atoms. The number of methoxy groups -OCH3 is 1. The van der Waals surface area contributed by atoms with Crippen molar-refractivity contribution in [3.63, 3.8) is 0 Å². The highest BCUT2D eigenvalue weighted by Gasteiger charge is 2.28. The van der Waals surface area contributed by atoms with Crippen LogP contribution >= 0.6 is 0 Å². The van der Waals surface area contributed by atoms with Gasteiger partial charge in [-0.3, -0.25) is 9.59 Å². The molecule has 1 rings (SSSR count). The van der Waals surface area contributed by atoms with E-state index in [1.165, 1.54) is 24.6 Å². The van der Waals surface area contributed by atoms with Gasteiger partial charge in [-0.25, -0.2) is 4.79 Å². The van der Waals surface area contributed by atoms with Crippen molar-refractivity contribution in [3.8, 4) is 5.75 Å². The van der Waals surface area contributed by atoms with Gasteiger partial charge in [0.15, 0.2) is 0 Å². The van der Waals surface area contributed by atoms with Gasteiger partial charge in [0.25, 0.3) is 0 Å². The maximum absolute atomic E-state index is 11.9. The van der Waals surface area contributed by atoms with Gasteiger partial charge in [-0.2, -0.15) is 13.2 Å². The molecule has 0 aliphatic rings. The number of halogens is 3. The molecular weight excluding hydrogens is 321 g/mol. The molecule has 0 heterocycles. The quantitative estimate of drug-likeness (QED) is 0.682. The van der Waals surface area contributed by atoms with E-state index in [2.05, 4.69) is 5.32 Å². The van der Waals surface area contributed by atoms with Crippen molar-refractivity contribution in [2.75, 3.05) is 19.0 Å². The molecule has 0 aliphatic carbocycles. The average molecular weight is 334 g/mol. The van der Waals surface area contributed by atoms with Crippen molar-refractivity contribution in [3.05, 3.63) is 23.8 Å². The minimum absolute atomic E-state index is 0.105. The van der Waals surface area contributed by atoms with E-state index >= 15 is 0 Å². The van der Waals surface area contributed by atoms with Gasteiger partial charge < -0.3 is 20.5 Å². The molecule has 7 nitrogen and oxygen atoms in total. The van der Waals surface area contributed by atoms with Crippen molar-refractivity contribution >= 4 is 23.5 Å². The SMILES string of the molecule is COc1ccc(NC(=O)CC(=O)NCC(F)(F)F)c(C(=O)O)c1. The van der Waals surface area contributed by atoms with Crippen molar-refractivity contribution < 1.29 is 37.4 Å². The van der Waals surface area contributed by atoms with Crippen LogP contribution in [0.5, 0.6) is 5.75 Å². The molecule has 0 atom stereocenters. The zero-order chi connectivity index (χ0) is 17.6. The number of anilines is 1. The van der Waals surface area contributed by atoms with E-state index in [9.17, 15) is 27.6 Å². The molecule has 0 unspecified atom stereocenters. The van der Waals surface area contributed by atoms with E-state index in [0.29, 0.717) is 0 Å². The molecular formula is C13H13F3N2O5. The number of ether oxygens (including phenoxy) is 1. The van der Waals surface area contributed by atoms with E-state index in [-0.39, 0.29) is 17.0 Å². The van der Waals surface area contributed by atoms with Crippen molar-refractivity contribution in [1.29, 1.82) is 0 Å². The zero-order valence-electron chi connectivity index (χ0n) is 11.9. The average Bonchev–Trinajstić information content (AvgIpc) is 2.44. The van der Waals surface area contributed by atoms with E-state index < -0.39 is 36.9 Å². The molecule has 0 saturated heterocycles. The molecule has 0 fully saturated rings. The first-order chi connectivity index (χ1) is 10.6. The topological polar surface area (TPSA) is 105 Å². The Balaban J connectivity index is 2.70. The molecule has 0 aliphatic heterocycles. The van der Waals surface area contributed by atoms with Gasteiger partial charge in [0, 0.05) is 0 Å². The van der Waals surface area contributed by atoms with Crippen molar-refractivity contribution in [2.45, 2.75) is 12.6 Å². The summed E-state index contributed by atoms with van der Waals surface area (Å²) in [6, 6.07) is 3.78. The predicted molar refractivity (Wildman–Crippen MR) is 72.3 cm³/mol. The van der Waals surface area contributed by atoms with Gasteiger partial charge >= 0.3 is 12.1 Å². The second kappa shape index (κ2) is 7.47. The van der Waals surface area contributed by atoms with E-state index in [0.717, 1.165) is 6.07 Å². The van der Waals surface area contributed by atoms with Crippen LogP contribution in [0.2, 0.25) is 0 Å². The molecule has 0 radical (unpaired) electrons. The minimum atomic E-state index is -4.58. The number of alkyl halides is 3. The van der Waals surface area contributed by atoms with Crippen LogP contribution in [0.15, 0.2) is 18.2 Å². The van der Waals surface area contributed by atoms with Crippen LogP contribution in [0.3, 0.4) is 0 Å². The Labute approximate surface area is 128 Å². The van der Waals surface area contributed by atoms with Crippen molar-refractivity contribution in [2.24, 2.45) is 0 Å². The fourth-order valence-electron chi connectivity index (χ4n) is 1.54. The molecule has 0 saturated carbocycles. The van der Waals surface area contributed by atoms with E-state index in [1.54, 1.807) is 0 Å².